The Morgan fingerprint density at radius 1 is 0.412 bits per heavy atom. The summed E-state index contributed by atoms with van der Waals surface area (Å²) in [6.45, 7) is 12.2. The van der Waals surface area contributed by atoms with Gasteiger partial charge in [-0.15, -0.1) is 0 Å². The second-order valence-electron chi connectivity index (χ2n) is 6.34. The van der Waals surface area contributed by atoms with Crippen molar-refractivity contribution >= 4 is 47.9 Å². The van der Waals surface area contributed by atoms with Gasteiger partial charge < -0.3 is 41.8 Å². The molecule has 2 radical (unpaired) electrons. The zero-order chi connectivity index (χ0) is 26.2. The third-order valence-corrected chi connectivity index (χ3v) is 5.71. The van der Waals surface area contributed by atoms with E-state index in [2.05, 4.69) is 27.1 Å². The minimum Gasteiger partial charge on any atom is -0.756 e. The Balaban J connectivity index is -0.000000196. The van der Waals surface area contributed by atoms with Crippen LogP contribution in [0.15, 0.2) is 0 Å². The number of phosphoric acid groups is 3. The average Bonchev–Trinajstić information content (AvgIpc) is 2.77. The summed E-state index contributed by atoms with van der Waals surface area (Å²) in [5, 5.41) is 0. The molecule has 0 aliphatic carbocycles. The standard InChI is InChI=1S/3C6H15O4P.Sb/c3*1-3-5-9-11(7,8)10-6-4-2;/h3*3-6H2,1-2H3,(H,7,8);/q;;;+3/p-3. The molecule has 12 nitrogen and oxygen atoms in total. The third kappa shape index (κ3) is 35.3. The minimum absolute atomic E-state index is 0. The molecule has 0 saturated carbocycles. The van der Waals surface area contributed by atoms with Crippen LogP contribution in [0.4, 0.5) is 0 Å². The van der Waals surface area contributed by atoms with Crippen molar-refractivity contribution < 1.29 is 55.5 Å². The molecule has 0 aromatic rings. The Labute approximate surface area is 222 Å². The topological polar surface area (TPSA) is 176 Å². The average molecular weight is 665 g/mol. The predicted octanol–water partition coefficient (Wildman–Crippen LogP) is 3.54. The van der Waals surface area contributed by atoms with Crippen LogP contribution in [-0.2, 0) is 40.8 Å². The monoisotopic (exact) mass is 664 g/mol. The van der Waals surface area contributed by atoms with Gasteiger partial charge in [-0.25, -0.2) is 0 Å². The number of hydrogen-bond donors (Lipinski definition) is 0. The Hall–Kier alpha value is 1.15. The van der Waals surface area contributed by atoms with Crippen molar-refractivity contribution in [3.8, 4) is 0 Å². The zero-order valence-corrected chi connectivity index (χ0v) is 26.4. The number of rotatable bonds is 18. The van der Waals surface area contributed by atoms with Crippen molar-refractivity contribution in [2.75, 3.05) is 39.6 Å². The van der Waals surface area contributed by atoms with Crippen molar-refractivity contribution in [2.24, 2.45) is 0 Å². The molecule has 0 spiro atoms. The smallest absolute Gasteiger partial charge is 0.756 e. The van der Waals surface area contributed by atoms with Crippen LogP contribution in [0.25, 0.3) is 0 Å². The first-order chi connectivity index (χ1) is 15.4. The van der Waals surface area contributed by atoms with Gasteiger partial charge in [0, 0.05) is 0 Å². The molecule has 206 valence electrons. The Morgan fingerprint density at radius 3 is 0.618 bits per heavy atom. The first-order valence-electron chi connectivity index (χ1n) is 11.2. The summed E-state index contributed by atoms with van der Waals surface area (Å²) < 4.78 is 58.9. The summed E-state index contributed by atoms with van der Waals surface area (Å²) in [4.78, 5) is 32.2. The molecule has 0 aromatic heterocycles. The first-order valence-corrected chi connectivity index (χ1v) is 15.5. The van der Waals surface area contributed by atoms with E-state index >= 15 is 0 Å². The van der Waals surface area contributed by atoms with Gasteiger partial charge in [0.25, 0.3) is 23.5 Å². The molecule has 0 aromatic carbocycles. The summed E-state index contributed by atoms with van der Waals surface area (Å²) in [6, 6.07) is 0. The van der Waals surface area contributed by atoms with Gasteiger partial charge in [-0.1, -0.05) is 41.5 Å². The van der Waals surface area contributed by atoms with Gasteiger partial charge in [0.05, 0.1) is 39.6 Å². The molecule has 0 aliphatic heterocycles. The third-order valence-electron chi connectivity index (χ3n) is 2.72. The fraction of sp³-hybridized carbons (Fsp3) is 1.00. The molecule has 34 heavy (non-hydrogen) atoms. The van der Waals surface area contributed by atoms with E-state index < -0.39 is 23.5 Å². The number of hydrogen-bond acceptors (Lipinski definition) is 12. The summed E-state index contributed by atoms with van der Waals surface area (Å²) in [5.74, 6) is 0. The van der Waals surface area contributed by atoms with Crippen molar-refractivity contribution in [1.29, 1.82) is 0 Å². The van der Waals surface area contributed by atoms with E-state index in [-0.39, 0.29) is 64.1 Å². The van der Waals surface area contributed by atoms with Crippen LogP contribution in [0, 0.1) is 0 Å². The maximum atomic E-state index is 10.7. The molecular formula is C18H42O12P3Sb. The maximum Gasteiger partial charge on any atom is 3.00 e. The molecular weight excluding hydrogens is 623 g/mol. The molecule has 0 bridgehead atoms. The quantitative estimate of drug-likeness (QED) is 0.154. The van der Waals surface area contributed by atoms with Crippen LogP contribution in [-0.4, -0.2) is 64.1 Å². The van der Waals surface area contributed by atoms with Crippen LogP contribution in [0.3, 0.4) is 0 Å². The van der Waals surface area contributed by atoms with Crippen molar-refractivity contribution in [2.45, 2.75) is 80.1 Å². The first kappa shape index (κ1) is 42.2. The maximum absolute atomic E-state index is 10.7. The summed E-state index contributed by atoms with van der Waals surface area (Å²) in [5.41, 5.74) is 0. The fourth-order valence-electron chi connectivity index (χ4n) is 1.33. The Bertz CT molecular complexity index is 456. The van der Waals surface area contributed by atoms with E-state index in [0.29, 0.717) is 38.5 Å². The van der Waals surface area contributed by atoms with Crippen LogP contribution >= 0.6 is 23.5 Å². The molecule has 16 heteroatoms. The van der Waals surface area contributed by atoms with Crippen LogP contribution in [0.1, 0.15) is 80.1 Å². The van der Waals surface area contributed by atoms with Gasteiger partial charge in [0.15, 0.2) is 0 Å². The molecule has 0 aliphatic rings. The van der Waals surface area contributed by atoms with E-state index in [9.17, 15) is 28.4 Å². The second kappa shape index (κ2) is 27.2. The molecule has 0 atom stereocenters. The van der Waals surface area contributed by atoms with Gasteiger partial charge in [-0.05, 0) is 38.5 Å². The molecule has 0 N–H and O–H groups in total. The molecule has 0 heterocycles. The largest absolute Gasteiger partial charge is 3.00 e. The Kier molecular flexibility index (Phi) is 33.8. The second-order valence-corrected chi connectivity index (χ2v) is 10.6. The van der Waals surface area contributed by atoms with Gasteiger partial charge in [-0.2, -0.15) is 0 Å². The summed E-state index contributed by atoms with van der Waals surface area (Å²) in [6.07, 6.45) is 4.01. The molecule has 0 fully saturated rings. The van der Waals surface area contributed by atoms with Gasteiger partial charge in [-0.3, -0.25) is 13.7 Å². The van der Waals surface area contributed by atoms with E-state index in [1.165, 1.54) is 0 Å². The number of phosphoric ester groups is 3. The van der Waals surface area contributed by atoms with E-state index in [1.54, 1.807) is 0 Å². The zero-order valence-electron chi connectivity index (χ0n) is 21.2. The van der Waals surface area contributed by atoms with Crippen LogP contribution in [0.2, 0.25) is 0 Å². The summed E-state index contributed by atoms with van der Waals surface area (Å²) >= 11 is 0. The minimum atomic E-state index is -3.98. The van der Waals surface area contributed by atoms with Gasteiger partial charge in [0.1, 0.15) is 0 Å². The van der Waals surface area contributed by atoms with Crippen molar-refractivity contribution in [1.82, 2.24) is 0 Å². The SMILES string of the molecule is CCCOP(=O)([O-])OCCC.CCCOP(=O)([O-])OCCC.CCCOP(=O)([O-])OCCC.[Sb+3]. The van der Waals surface area contributed by atoms with Crippen molar-refractivity contribution in [3.05, 3.63) is 0 Å². The van der Waals surface area contributed by atoms with Crippen LogP contribution in [0.5, 0.6) is 0 Å². The summed E-state index contributed by atoms with van der Waals surface area (Å²) in [7, 11) is -11.9. The normalized spacial score (nSPS) is 11.6. The van der Waals surface area contributed by atoms with Crippen LogP contribution < -0.4 is 14.7 Å². The molecule has 0 saturated heterocycles. The molecule has 0 rings (SSSR count). The fourth-order valence-corrected chi connectivity index (χ4v) is 3.99. The van der Waals surface area contributed by atoms with Gasteiger partial charge in [0.2, 0.25) is 0 Å². The molecule has 0 amide bonds. The Morgan fingerprint density at radius 2 is 0.529 bits per heavy atom. The van der Waals surface area contributed by atoms with E-state index in [4.69, 9.17) is 0 Å². The van der Waals surface area contributed by atoms with Crippen molar-refractivity contribution in [3.63, 3.8) is 0 Å². The molecule has 0 unspecified atom stereocenters. The van der Waals surface area contributed by atoms with E-state index in [1.807, 2.05) is 41.5 Å². The van der Waals surface area contributed by atoms with E-state index in [0.717, 1.165) is 0 Å². The van der Waals surface area contributed by atoms with Gasteiger partial charge >= 0.3 is 24.4 Å². The predicted molar refractivity (Wildman–Crippen MR) is 126 cm³/mol.